The summed E-state index contributed by atoms with van der Waals surface area (Å²) in [5, 5.41) is 9.37. The maximum absolute atomic E-state index is 11.8. The Kier molecular flexibility index (Phi) is 3.66. The van der Waals surface area contributed by atoms with Gasteiger partial charge in [-0.05, 0) is 18.1 Å². The smallest absolute Gasteiger partial charge is 0.259 e. The second-order valence-corrected chi connectivity index (χ2v) is 4.40. The normalized spacial score (nSPS) is 10.6. The van der Waals surface area contributed by atoms with E-state index in [1.165, 1.54) is 6.20 Å². The summed E-state index contributed by atoms with van der Waals surface area (Å²) in [6.45, 7) is 4.19. The Balaban J connectivity index is 2.01. The highest BCUT2D eigenvalue weighted by molar-refractivity contribution is 6.02. The number of nitrogens with zero attached hydrogens (tertiary/aromatic N) is 3. The van der Waals surface area contributed by atoms with Crippen LogP contribution in [-0.2, 0) is 6.42 Å². The van der Waals surface area contributed by atoms with Crippen LogP contribution in [0.1, 0.15) is 30.0 Å². The van der Waals surface area contributed by atoms with Crippen molar-refractivity contribution in [1.29, 1.82) is 0 Å². The molecule has 2 aromatic heterocycles. The summed E-state index contributed by atoms with van der Waals surface area (Å²) in [4.78, 5) is 19.9. The van der Waals surface area contributed by atoms with Crippen molar-refractivity contribution in [3.05, 3.63) is 35.9 Å². The number of aromatic amines is 1. The lowest BCUT2D eigenvalue weighted by Crippen LogP contribution is -2.13. The first-order valence-corrected chi connectivity index (χ1v) is 5.78. The van der Waals surface area contributed by atoms with Gasteiger partial charge in [0.1, 0.15) is 5.82 Å². The molecule has 0 saturated carbocycles. The molecule has 2 rings (SSSR count). The zero-order chi connectivity index (χ0) is 13.0. The predicted molar refractivity (Wildman–Crippen MR) is 67.1 cm³/mol. The van der Waals surface area contributed by atoms with Gasteiger partial charge in [-0.2, -0.15) is 4.98 Å². The van der Waals surface area contributed by atoms with Crippen LogP contribution in [0.15, 0.2) is 24.5 Å². The molecular formula is C12H15N5O. The molecular weight excluding hydrogens is 230 g/mol. The topological polar surface area (TPSA) is 83.6 Å². The number of amides is 1. The fraction of sp³-hybridized carbons (Fsp3) is 0.333. The van der Waals surface area contributed by atoms with Crippen LogP contribution >= 0.6 is 0 Å². The molecule has 0 aliphatic rings. The zero-order valence-electron chi connectivity index (χ0n) is 10.3. The predicted octanol–water partition coefficient (Wildman–Crippen LogP) is 1.65. The van der Waals surface area contributed by atoms with Crippen molar-refractivity contribution in [2.45, 2.75) is 20.3 Å². The molecule has 0 spiro atoms. The second kappa shape index (κ2) is 5.39. The van der Waals surface area contributed by atoms with E-state index in [9.17, 15) is 4.79 Å². The fourth-order valence-electron chi connectivity index (χ4n) is 1.50. The van der Waals surface area contributed by atoms with Gasteiger partial charge in [-0.1, -0.05) is 13.8 Å². The van der Waals surface area contributed by atoms with E-state index < -0.39 is 0 Å². The fourth-order valence-corrected chi connectivity index (χ4v) is 1.50. The van der Waals surface area contributed by atoms with Gasteiger partial charge in [0.15, 0.2) is 0 Å². The van der Waals surface area contributed by atoms with Crippen LogP contribution in [-0.4, -0.2) is 26.1 Å². The first-order valence-electron chi connectivity index (χ1n) is 5.78. The molecule has 2 N–H and O–H groups in total. The monoisotopic (exact) mass is 245 g/mol. The van der Waals surface area contributed by atoms with Crippen molar-refractivity contribution >= 4 is 11.9 Å². The average Bonchev–Trinajstić information content (AvgIpc) is 2.76. The van der Waals surface area contributed by atoms with Gasteiger partial charge in [-0.3, -0.25) is 20.2 Å². The molecule has 94 valence electrons. The van der Waals surface area contributed by atoms with Crippen LogP contribution < -0.4 is 5.32 Å². The Hall–Kier alpha value is -2.24. The quantitative estimate of drug-likeness (QED) is 0.857. The summed E-state index contributed by atoms with van der Waals surface area (Å²) in [7, 11) is 0. The van der Waals surface area contributed by atoms with Crippen molar-refractivity contribution in [2.75, 3.05) is 5.32 Å². The number of carbonyl (C=O) groups excluding carboxylic acids is 1. The van der Waals surface area contributed by atoms with E-state index in [2.05, 4.69) is 39.3 Å². The third kappa shape index (κ3) is 3.13. The molecule has 0 unspecified atom stereocenters. The van der Waals surface area contributed by atoms with Crippen LogP contribution in [0.25, 0.3) is 0 Å². The van der Waals surface area contributed by atoms with E-state index in [-0.39, 0.29) is 5.91 Å². The molecule has 0 aliphatic heterocycles. The molecule has 0 aliphatic carbocycles. The van der Waals surface area contributed by atoms with E-state index >= 15 is 0 Å². The minimum absolute atomic E-state index is 0.266. The molecule has 0 bridgehead atoms. The maximum atomic E-state index is 11.8. The van der Waals surface area contributed by atoms with Gasteiger partial charge in [0, 0.05) is 18.8 Å². The van der Waals surface area contributed by atoms with Gasteiger partial charge in [-0.15, -0.1) is 5.10 Å². The van der Waals surface area contributed by atoms with Gasteiger partial charge in [0.25, 0.3) is 5.91 Å². The highest BCUT2D eigenvalue weighted by Crippen LogP contribution is 2.06. The number of hydrogen-bond donors (Lipinski definition) is 2. The van der Waals surface area contributed by atoms with E-state index in [0.717, 1.165) is 12.2 Å². The lowest BCUT2D eigenvalue weighted by molar-refractivity contribution is 0.102. The summed E-state index contributed by atoms with van der Waals surface area (Å²) in [6, 6.07) is 3.39. The summed E-state index contributed by atoms with van der Waals surface area (Å²) in [5.41, 5.74) is 0.479. The molecule has 6 nitrogen and oxygen atoms in total. The third-order valence-corrected chi connectivity index (χ3v) is 2.28. The molecule has 0 fully saturated rings. The molecule has 2 aromatic rings. The number of rotatable bonds is 4. The third-order valence-electron chi connectivity index (χ3n) is 2.28. The molecule has 2 heterocycles. The highest BCUT2D eigenvalue weighted by Gasteiger charge is 2.10. The lowest BCUT2D eigenvalue weighted by atomic mass is 10.1. The van der Waals surface area contributed by atoms with E-state index in [0.29, 0.717) is 17.4 Å². The van der Waals surface area contributed by atoms with Gasteiger partial charge >= 0.3 is 0 Å². The molecule has 0 atom stereocenters. The molecule has 0 radical (unpaired) electrons. The van der Waals surface area contributed by atoms with E-state index in [1.54, 1.807) is 18.3 Å². The van der Waals surface area contributed by atoms with Gasteiger partial charge in [-0.25, -0.2) is 0 Å². The largest absolute Gasteiger partial charge is 0.289 e. The van der Waals surface area contributed by atoms with Gasteiger partial charge < -0.3 is 0 Å². The average molecular weight is 245 g/mol. The van der Waals surface area contributed by atoms with Crippen LogP contribution in [0.4, 0.5) is 5.95 Å². The summed E-state index contributed by atoms with van der Waals surface area (Å²) in [6.07, 6.45) is 3.91. The first kappa shape index (κ1) is 12.2. The minimum Gasteiger partial charge on any atom is -0.289 e. The summed E-state index contributed by atoms with van der Waals surface area (Å²) >= 11 is 0. The van der Waals surface area contributed by atoms with Crippen LogP contribution in [0, 0.1) is 5.92 Å². The second-order valence-electron chi connectivity index (χ2n) is 4.40. The first-order chi connectivity index (χ1) is 8.65. The number of nitrogens with one attached hydrogen (secondary N) is 2. The van der Waals surface area contributed by atoms with Crippen molar-refractivity contribution in [3.63, 3.8) is 0 Å². The zero-order valence-corrected chi connectivity index (χ0v) is 10.3. The Morgan fingerprint density at radius 2 is 2.33 bits per heavy atom. The molecule has 0 saturated heterocycles. The molecule has 0 aromatic carbocycles. The maximum Gasteiger partial charge on any atom is 0.259 e. The number of anilines is 1. The Morgan fingerprint density at radius 1 is 1.50 bits per heavy atom. The number of H-pyrrole nitrogens is 1. The highest BCUT2D eigenvalue weighted by atomic mass is 16.1. The number of hydrogen-bond acceptors (Lipinski definition) is 4. The number of pyridine rings is 1. The van der Waals surface area contributed by atoms with Crippen molar-refractivity contribution < 1.29 is 4.79 Å². The standard InChI is InChI=1S/C12H15N5O/c1-8(2)6-10-14-12(17-16-10)15-11(18)9-4-3-5-13-7-9/h3-5,7-8H,6H2,1-2H3,(H2,14,15,16,17,18). The van der Waals surface area contributed by atoms with Crippen LogP contribution in [0.2, 0.25) is 0 Å². The van der Waals surface area contributed by atoms with Gasteiger partial charge in [0.2, 0.25) is 5.95 Å². The van der Waals surface area contributed by atoms with Crippen LogP contribution in [0.5, 0.6) is 0 Å². The Labute approximate surface area is 105 Å². The van der Waals surface area contributed by atoms with Crippen molar-refractivity contribution in [3.8, 4) is 0 Å². The number of aromatic nitrogens is 4. The molecule has 1 amide bonds. The van der Waals surface area contributed by atoms with Crippen molar-refractivity contribution in [2.24, 2.45) is 5.92 Å². The van der Waals surface area contributed by atoms with Gasteiger partial charge in [0.05, 0.1) is 5.56 Å². The minimum atomic E-state index is -0.266. The Bertz CT molecular complexity index is 520. The molecule has 18 heavy (non-hydrogen) atoms. The number of carbonyl (C=O) groups is 1. The lowest BCUT2D eigenvalue weighted by Gasteiger charge is -2.00. The van der Waals surface area contributed by atoms with Crippen LogP contribution in [0.3, 0.4) is 0 Å². The molecule has 6 heteroatoms. The van der Waals surface area contributed by atoms with E-state index in [1.807, 2.05) is 0 Å². The summed E-state index contributed by atoms with van der Waals surface area (Å²) in [5.74, 6) is 1.28. The van der Waals surface area contributed by atoms with E-state index in [4.69, 9.17) is 0 Å². The van der Waals surface area contributed by atoms with Crippen molar-refractivity contribution in [1.82, 2.24) is 20.2 Å². The Morgan fingerprint density at radius 3 is 3.00 bits per heavy atom. The summed E-state index contributed by atoms with van der Waals surface area (Å²) < 4.78 is 0. The SMILES string of the molecule is CC(C)Cc1nc(NC(=O)c2cccnc2)n[nH]1.